The van der Waals surface area contributed by atoms with E-state index in [9.17, 15) is 0 Å². The molecule has 2 heterocycles. The van der Waals surface area contributed by atoms with E-state index >= 15 is 0 Å². The zero-order chi connectivity index (χ0) is 21.4. The van der Waals surface area contributed by atoms with Crippen molar-refractivity contribution in [1.29, 1.82) is 0 Å². The minimum Gasteiger partial charge on any atom is -0.496 e. The summed E-state index contributed by atoms with van der Waals surface area (Å²) in [5.74, 6) is 0.864. The Morgan fingerprint density at radius 3 is 2.69 bits per heavy atom. The van der Waals surface area contributed by atoms with Crippen LogP contribution in [0, 0.1) is 6.92 Å². The van der Waals surface area contributed by atoms with Gasteiger partial charge in [0.05, 0.1) is 23.2 Å². The van der Waals surface area contributed by atoms with Gasteiger partial charge in [0.2, 0.25) is 0 Å². The summed E-state index contributed by atoms with van der Waals surface area (Å²) in [7, 11) is 3.95. The highest BCUT2D eigenvalue weighted by molar-refractivity contribution is 7.16. The molecule has 0 N–H and O–H groups in total. The monoisotopic (exact) mass is 415 g/mol. The van der Waals surface area contributed by atoms with Crippen LogP contribution in [-0.2, 0) is 0 Å². The Labute approximate surface area is 181 Å². The fourth-order valence-electron chi connectivity index (χ4n) is 3.79. The molecule has 1 saturated heterocycles. The van der Waals surface area contributed by atoms with E-state index < -0.39 is 0 Å². The maximum absolute atomic E-state index is 5.52. The molecule has 2 aromatic rings. The van der Waals surface area contributed by atoms with Crippen LogP contribution >= 0.6 is 11.3 Å². The van der Waals surface area contributed by atoms with Gasteiger partial charge in [0.1, 0.15) is 10.8 Å². The van der Waals surface area contributed by atoms with Crippen molar-refractivity contribution in [3.63, 3.8) is 0 Å². The highest BCUT2D eigenvalue weighted by Crippen LogP contribution is 2.37. The van der Waals surface area contributed by atoms with Crippen LogP contribution in [0.5, 0.6) is 5.75 Å². The van der Waals surface area contributed by atoms with Crippen LogP contribution in [0.1, 0.15) is 50.6 Å². The SMILES string of the molecule is C=C(c1sc(-c2ccccc2OC)nc1C)N1CCCC(N(C)CC)CC1.CC. The zero-order valence-electron chi connectivity index (χ0n) is 19.0. The summed E-state index contributed by atoms with van der Waals surface area (Å²) in [6.07, 6.45) is 3.67. The molecule has 4 nitrogen and oxygen atoms in total. The lowest BCUT2D eigenvalue weighted by molar-refractivity contribution is 0.232. The lowest BCUT2D eigenvalue weighted by atomic mass is 10.1. The van der Waals surface area contributed by atoms with Crippen molar-refractivity contribution in [2.45, 2.75) is 53.0 Å². The fourth-order valence-corrected chi connectivity index (χ4v) is 4.89. The number of methoxy groups -OCH3 is 1. The molecule has 1 unspecified atom stereocenters. The first-order valence-corrected chi connectivity index (χ1v) is 11.6. The second-order valence-electron chi connectivity index (χ2n) is 7.23. The van der Waals surface area contributed by atoms with Gasteiger partial charge in [0.25, 0.3) is 0 Å². The molecular formula is C24H37N3OS. The maximum atomic E-state index is 5.52. The number of nitrogens with zero attached hydrogens (tertiary/aromatic N) is 3. The maximum Gasteiger partial charge on any atom is 0.129 e. The number of benzene rings is 1. The molecule has 1 aliphatic rings. The molecule has 0 saturated carbocycles. The smallest absolute Gasteiger partial charge is 0.129 e. The van der Waals surface area contributed by atoms with Crippen LogP contribution in [0.25, 0.3) is 16.3 Å². The average Bonchev–Trinajstić information content (AvgIpc) is 2.99. The Morgan fingerprint density at radius 1 is 1.28 bits per heavy atom. The highest BCUT2D eigenvalue weighted by atomic mass is 32.1. The number of para-hydroxylation sites is 1. The summed E-state index contributed by atoms with van der Waals surface area (Å²) >= 11 is 1.72. The van der Waals surface area contributed by atoms with Gasteiger partial charge in [-0.3, -0.25) is 0 Å². The molecule has 1 atom stereocenters. The van der Waals surface area contributed by atoms with Crippen molar-refractivity contribution in [3.05, 3.63) is 41.4 Å². The Bertz CT molecular complexity index is 786. The molecule has 0 radical (unpaired) electrons. The number of aromatic nitrogens is 1. The van der Waals surface area contributed by atoms with E-state index in [1.165, 1.54) is 24.1 Å². The average molecular weight is 416 g/mol. The standard InChI is InChI=1S/C22H31N3OS.C2H6/c1-6-24(4)18-10-9-14-25(15-13-18)17(3)21-16(2)23-22(27-21)19-11-7-8-12-20(19)26-5;1-2/h7-8,11-12,18H,3,6,9-10,13-15H2,1-2,4-5H3;1-2H3. The first-order chi connectivity index (χ1) is 14.0. The van der Waals surface area contributed by atoms with Crippen LogP contribution in [0.2, 0.25) is 0 Å². The van der Waals surface area contributed by atoms with E-state index in [1.807, 2.05) is 32.0 Å². The van der Waals surface area contributed by atoms with Crippen LogP contribution in [0.15, 0.2) is 30.8 Å². The van der Waals surface area contributed by atoms with Crippen molar-refractivity contribution < 1.29 is 4.74 Å². The highest BCUT2D eigenvalue weighted by Gasteiger charge is 2.23. The van der Waals surface area contributed by atoms with Crippen LogP contribution in [0.4, 0.5) is 0 Å². The van der Waals surface area contributed by atoms with Gasteiger partial charge in [-0.25, -0.2) is 4.98 Å². The lowest BCUT2D eigenvalue weighted by Crippen LogP contribution is -2.32. The first kappa shape index (κ1) is 23.4. The number of hydrogen-bond acceptors (Lipinski definition) is 5. The molecular weight excluding hydrogens is 378 g/mol. The topological polar surface area (TPSA) is 28.6 Å². The third kappa shape index (κ3) is 5.61. The Kier molecular flexibility index (Phi) is 9.18. The molecule has 0 amide bonds. The second kappa shape index (κ2) is 11.4. The zero-order valence-corrected chi connectivity index (χ0v) is 19.8. The molecule has 1 fully saturated rings. The van der Waals surface area contributed by atoms with E-state index in [-0.39, 0.29) is 0 Å². The summed E-state index contributed by atoms with van der Waals surface area (Å²) in [5.41, 5.74) is 3.22. The van der Waals surface area contributed by atoms with E-state index in [4.69, 9.17) is 9.72 Å². The third-order valence-electron chi connectivity index (χ3n) is 5.60. The van der Waals surface area contributed by atoms with E-state index in [0.29, 0.717) is 6.04 Å². The van der Waals surface area contributed by atoms with Gasteiger partial charge in [-0.2, -0.15) is 0 Å². The summed E-state index contributed by atoms with van der Waals surface area (Å²) in [4.78, 5) is 11.0. The van der Waals surface area contributed by atoms with Crippen LogP contribution < -0.4 is 4.74 Å². The predicted molar refractivity (Wildman–Crippen MR) is 127 cm³/mol. The Balaban J connectivity index is 0.00000145. The molecule has 160 valence electrons. The normalized spacial score (nSPS) is 16.8. The van der Waals surface area contributed by atoms with Gasteiger partial charge < -0.3 is 14.5 Å². The van der Waals surface area contributed by atoms with E-state index in [1.54, 1.807) is 18.4 Å². The molecule has 1 aliphatic heterocycles. The number of thiazole rings is 1. The molecule has 29 heavy (non-hydrogen) atoms. The largest absolute Gasteiger partial charge is 0.496 e. The van der Waals surface area contributed by atoms with Gasteiger partial charge in [-0.1, -0.05) is 39.5 Å². The molecule has 0 spiro atoms. The van der Waals surface area contributed by atoms with Crippen molar-refractivity contribution >= 4 is 17.0 Å². The molecule has 3 rings (SSSR count). The van der Waals surface area contributed by atoms with Gasteiger partial charge in [-0.05, 0) is 51.9 Å². The number of aryl methyl sites for hydroxylation is 1. The number of ether oxygens (including phenoxy) is 1. The van der Waals surface area contributed by atoms with Gasteiger partial charge in [0.15, 0.2) is 0 Å². The number of likely N-dealkylation sites (tertiary alicyclic amines) is 1. The summed E-state index contributed by atoms with van der Waals surface area (Å²) < 4.78 is 5.52. The Morgan fingerprint density at radius 2 is 2.00 bits per heavy atom. The van der Waals surface area contributed by atoms with Crippen molar-refractivity contribution in [2.75, 3.05) is 33.8 Å². The number of hydrogen-bond donors (Lipinski definition) is 0. The van der Waals surface area contributed by atoms with Crippen molar-refractivity contribution in [2.24, 2.45) is 0 Å². The van der Waals surface area contributed by atoms with Gasteiger partial charge >= 0.3 is 0 Å². The molecule has 0 bridgehead atoms. The molecule has 1 aromatic heterocycles. The molecule has 0 aliphatic carbocycles. The van der Waals surface area contributed by atoms with Gasteiger partial charge in [0, 0.05) is 24.8 Å². The quantitative estimate of drug-likeness (QED) is 0.584. The summed E-state index contributed by atoms with van der Waals surface area (Å²) in [5, 5.41) is 1.000. The Hall–Kier alpha value is -1.85. The summed E-state index contributed by atoms with van der Waals surface area (Å²) in [6, 6.07) is 8.76. The third-order valence-corrected chi connectivity index (χ3v) is 6.84. The van der Waals surface area contributed by atoms with Crippen molar-refractivity contribution in [1.82, 2.24) is 14.8 Å². The lowest BCUT2D eigenvalue weighted by Gasteiger charge is -2.27. The van der Waals surface area contributed by atoms with Gasteiger partial charge in [-0.15, -0.1) is 11.3 Å². The minimum absolute atomic E-state index is 0.680. The molecule has 5 heteroatoms. The predicted octanol–water partition coefficient (Wildman–Crippen LogP) is 5.93. The fraction of sp³-hybridized carbons (Fsp3) is 0.542. The van der Waals surface area contributed by atoms with Crippen LogP contribution in [-0.4, -0.2) is 54.6 Å². The number of rotatable bonds is 6. The van der Waals surface area contributed by atoms with E-state index in [2.05, 4.69) is 43.3 Å². The minimum atomic E-state index is 0.680. The molecule has 1 aromatic carbocycles. The second-order valence-corrected chi connectivity index (χ2v) is 8.22. The summed E-state index contributed by atoms with van der Waals surface area (Å²) in [6.45, 7) is 16.0. The van der Waals surface area contributed by atoms with Crippen molar-refractivity contribution in [3.8, 4) is 16.3 Å². The van der Waals surface area contributed by atoms with E-state index in [0.717, 1.165) is 47.3 Å². The van der Waals surface area contributed by atoms with Crippen LogP contribution in [0.3, 0.4) is 0 Å². The first-order valence-electron chi connectivity index (χ1n) is 10.8.